The minimum atomic E-state index is 0.987. The van der Waals surface area contributed by atoms with Gasteiger partial charge in [-0.1, -0.05) is 0 Å². The zero-order chi connectivity index (χ0) is 8.21. The van der Waals surface area contributed by atoms with Gasteiger partial charge < -0.3 is 0 Å². The van der Waals surface area contributed by atoms with E-state index in [-0.39, 0.29) is 0 Å². The molecule has 6 unspecified atom stereocenters. The fourth-order valence-corrected chi connectivity index (χ4v) is 6.62. The Kier molecular flexibility index (Phi) is 0.804. The van der Waals surface area contributed by atoms with E-state index in [2.05, 4.69) is 0 Å². The molecule has 6 aliphatic carbocycles. The topological polar surface area (TPSA) is 0 Å². The first-order valence-electron chi connectivity index (χ1n) is 6.41. The van der Waals surface area contributed by atoms with E-state index < -0.39 is 0 Å². The van der Waals surface area contributed by atoms with Crippen molar-refractivity contribution in [1.82, 2.24) is 0 Å². The second kappa shape index (κ2) is 1.61. The summed E-state index contributed by atoms with van der Waals surface area (Å²) in [6, 6.07) is 0. The van der Waals surface area contributed by atoms with Crippen molar-refractivity contribution in [2.45, 2.75) is 38.5 Å². The Morgan fingerprint density at radius 2 is 1.92 bits per heavy atom. The number of hydrogen-bond acceptors (Lipinski definition) is 0. The van der Waals surface area contributed by atoms with Crippen LogP contribution in [0.1, 0.15) is 38.5 Å². The summed E-state index contributed by atoms with van der Waals surface area (Å²) >= 11 is 0. The average molecular weight is 174 g/mol. The summed E-state index contributed by atoms with van der Waals surface area (Å²) in [6.45, 7) is 0. The van der Waals surface area contributed by atoms with E-state index in [1.807, 2.05) is 0 Å². The lowest BCUT2D eigenvalue weighted by Gasteiger charge is -2.81. The SMILES string of the molecule is C1CC2CC1C1C[C@]23C2CCC2C13. The van der Waals surface area contributed by atoms with Crippen LogP contribution in [0.4, 0.5) is 0 Å². The molecule has 0 aromatic heterocycles. The van der Waals surface area contributed by atoms with Gasteiger partial charge in [0.15, 0.2) is 0 Å². The first-order chi connectivity index (χ1) is 6.41. The Morgan fingerprint density at radius 1 is 0.923 bits per heavy atom. The van der Waals surface area contributed by atoms with Crippen molar-refractivity contribution in [2.75, 3.05) is 0 Å². The lowest BCUT2D eigenvalue weighted by Crippen LogP contribution is -2.76. The van der Waals surface area contributed by atoms with E-state index in [9.17, 15) is 0 Å². The van der Waals surface area contributed by atoms with E-state index in [4.69, 9.17) is 0 Å². The van der Waals surface area contributed by atoms with Crippen molar-refractivity contribution in [3.63, 3.8) is 0 Å². The molecule has 0 amide bonds. The Labute approximate surface area is 80.1 Å². The lowest BCUT2D eigenvalue weighted by atomic mass is 9.23. The Bertz CT molecular complexity index is 294. The number of rotatable bonds is 0. The molecule has 0 heteroatoms. The molecule has 0 aromatic carbocycles. The minimum Gasteiger partial charge on any atom is -0.0499 e. The highest BCUT2D eigenvalue weighted by molar-refractivity contribution is 5.27. The molecular formula is C13H18. The molecule has 0 aliphatic heterocycles. The fraction of sp³-hybridized carbons (Fsp3) is 1.00. The molecule has 6 saturated carbocycles. The third kappa shape index (κ3) is 0.427. The summed E-state index contributed by atoms with van der Waals surface area (Å²) in [7, 11) is 0. The van der Waals surface area contributed by atoms with Crippen LogP contribution in [0.3, 0.4) is 0 Å². The molecule has 6 fully saturated rings. The van der Waals surface area contributed by atoms with Gasteiger partial charge in [0.05, 0.1) is 0 Å². The molecule has 4 bridgehead atoms. The van der Waals surface area contributed by atoms with Gasteiger partial charge in [-0.25, -0.2) is 0 Å². The monoisotopic (exact) mass is 174 g/mol. The highest BCUT2D eigenvalue weighted by Crippen LogP contribution is 2.85. The van der Waals surface area contributed by atoms with Crippen molar-refractivity contribution >= 4 is 0 Å². The van der Waals surface area contributed by atoms with E-state index in [1.165, 1.54) is 35.5 Å². The maximum atomic E-state index is 1.69. The van der Waals surface area contributed by atoms with Crippen molar-refractivity contribution in [3.8, 4) is 0 Å². The maximum Gasteiger partial charge on any atom is -0.0201 e. The summed E-state index contributed by atoms with van der Waals surface area (Å²) in [4.78, 5) is 0. The van der Waals surface area contributed by atoms with Crippen molar-refractivity contribution < 1.29 is 0 Å². The van der Waals surface area contributed by atoms with Gasteiger partial charge in [-0.3, -0.25) is 0 Å². The molecule has 0 saturated heterocycles. The third-order valence-electron chi connectivity index (χ3n) is 6.99. The first kappa shape index (κ1) is 6.48. The Hall–Kier alpha value is 0. The van der Waals surface area contributed by atoms with Gasteiger partial charge in [0.1, 0.15) is 0 Å². The predicted octanol–water partition coefficient (Wildman–Crippen LogP) is 3.08. The molecule has 0 nitrogen and oxygen atoms in total. The van der Waals surface area contributed by atoms with E-state index >= 15 is 0 Å². The van der Waals surface area contributed by atoms with Crippen LogP contribution >= 0.6 is 0 Å². The maximum absolute atomic E-state index is 1.69. The summed E-state index contributed by atoms with van der Waals surface area (Å²) in [5.41, 5.74) is 0.987. The second-order valence-corrected chi connectivity index (χ2v) is 6.62. The second-order valence-electron chi connectivity index (χ2n) is 6.62. The first-order valence-corrected chi connectivity index (χ1v) is 6.41. The standard InChI is InChI=1S/C13H18/c1-2-8-5-7(1)10-6-13(8)11-4-3-9(11)12(10)13/h7-12H,1-6H2/t7?,8?,9?,10?,11?,12?,13-/m1/s1. The minimum absolute atomic E-state index is 0.987. The van der Waals surface area contributed by atoms with Crippen LogP contribution < -0.4 is 0 Å². The fourth-order valence-electron chi connectivity index (χ4n) is 6.62. The molecule has 70 valence electrons. The molecule has 0 heterocycles. The third-order valence-corrected chi connectivity index (χ3v) is 6.99. The van der Waals surface area contributed by atoms with Gasteiger partial charge in [0, 0.05) is 0 Å². The van der Waals surface area contributed by atoms with Gasteiger partial charge in [0.2, 0.25) is 0 Å². The molecule has 0 aromatic rings. The molecular weight excluding hydrogens is 156 g/mol. The summed E-state index contributed by atoms with van der Waals surface area (Å²) in [5, 5.41) is 0. The molecule has 6 rings (SSSR count). The van der Waals surface area contributed by atoms with Crippen molar-refractivity contribution in [3.05, 3.63) is 0 Å². The van der Waals surface area contributed by atoms with Crippen LogP contribution in [-0.2, 0) is 0 Å². The number of hydrogen-bond donors (Lipinski definition) is 0. The molecule has 1 spiro atoms. The van der Waals surface area contributed by atoms with Crippen LogP contribution in [0.5, 0.6) is 0 Å². The smallest absolute Gasteiger partial charge is 0.0201 e. The van der Waals surface area contributed by atoms with Gasteiger partial charge >= 0.3 is 0 Å². The zero-order valence-corrected chi connectivity index (χ0v) is 8.21. The quantitative estimate of drug-likeness (QED) is 0.529. The molecule has 7 atom stereocenters. The molecule has 13 heavy (non-hydrogen) atoms. The van der Waals surface area contributed by atoms with E-state index in [1.54, 1.807) is 38.5 Å². The summed E-state index contributed by atoms with van der Waals surface area (Å²) in [5.74, 6) is 7.44. The average Bonchev–Trinajstić information content (AvgIpc) is 2.45. The van der Waals surface area contributed by atoms with E-state index in [0.717, 1.165) is 5.41 Å². The van der Waals surface area contributed by atoms with Crippen LogP contribution in [0.25, 0.3) is 0 Å². The summed E-state index contributed by atoms with van der Waals surface area (Å²) in [6.07, 6.45) is 9.83. The highest BCUT2D eigenvalue weighted by atomic mass is 14.8. The number of fused-ring (bicyclic) bond motifs is 1. The predicted molar refractivity (Wildman–Crippen MR) is 51.1 cm³/mol. The van der Waals surface area contributed by atoms with Gasteiger partial charge in [-0.15, -0.1) is 0 Å². The highest BCUT2D eigenvalue weighted by Gasteiger charge is 2.79. The Balaban J connectivity index is 1.67. The molecule has 0 radical (unpaired) electrons. The van der Waals surface area contributed by atoms with Gasteiger partial charge in [-0.05, 0) is 79.4 Å². The van der Waals surface area contributed by atoms with Crippen LogP contribution in [0, 0.1) is 40.9 Å². The van der Waals surface area contributed by atoms with Crippen LogP contribution in [0.15, 0.2) is 0 Å². The molecule has 6 aliphatic rings. The van der Waals surface area contributed by atoms with Gasteiger partial charge in [0.25, 0.3) is 0 Å². The van der Waals surface area contributed by atoms with Crippen molar-refractivity contribution in [2.24, 2.45) is 40.9 Å². The summed E-state index contributed by atoms with van der Waals surface area (Å²) < 4.78 is 0. The van der Waals surface area contributed by atoms with E-state index in [0.29, 0.717) is 0 Å². The zero-order valence-electron chi connectivity index (χ0n) is 8.21. The normalized spacial score (nSPS) is 75.7. The largest absolute Gasteiger partial charge is 0.0499 e. The van der Waals surface area contributed by atoms with Crippen LogP contribution in [-0.4, -0.2) is 0 Å². The van der Waals surface area contributed by atoms with Gasteiger partial charge in [-0.2, -0.15) is 0 Å². The lowest BCUT2D eigenvalue weighted by molar-refractivity contribution is -0.336. The van der Waals surface area contributed by atoms with Crippen molar-refractivity contribution in [1.29, 1.82) is 0 Å². The Morgan fingerprint density at radius 3 is 2.77 bits per heavy atom. The molecule has 0 N–H and O–H groups in total. The van der Waals surface area contributed by atoms with Crippen LogP contribution in [0.2, 0.25) is 0 Å².